The van der Waals surface area contributed by atoms with Crippen molar-refractivity contribution in [3.05, 3.63) is 28.2 Å². The molecule has 0 saturated carbocycles. The van der Waals surface area contributed by atoms with Gasteiger partial charge in [0.05, 0.1) is 0 Å². The Morgan fingerprint density at radius 1 is 1.23 bits per heavy atom. The van der Waals surface area contributed by atoms with E-state index in [0.29, 0.717) is 0 Å². The molecule has 0 atom stereocenters. The van der Waals surface area contributed by atoms with Crippen LogP contribution in [0.2, 0.25) is 19.6 Å². The fraction of sp³-hybridized carbons (Fsp3) is 0.400. The summed E-state index contributed by atoms with van der Waals surface area (Å²) in [5, 5.41) is 0. The van der Waals surface area contributed by atoms with Crippen LogP contribution < -0.4 is 4.43 Å². The Morgan fingerprint density at radius 3 is 2.31 bits per heavy atom. The van der Waals surface area contributed by atoms with Crippen LogP contribution in [0.3, 0.4) is 0 Å². The third-order valence-corrected chi connectivity index (χ3v) is 3.29. The van der Waals surface area contributed by atoms with E-state index in [1.807, 2.05) is 12.1 Å². The van der Waals surface area contributed by atoms with Gasteiger partial charge in [-0.1, -0.05) is 15.9 Å². The van der Waals surface area contributed by atoms with Crippen molar-refractivity contribution in [3.63, 3.8) is 0 Å². The lowest BCUT2D eigenvalue weighted by molar-refractivity contribution is 0.557. The first-order valence-corrected chi connectivity index (χ1v) is 8.54. The van der Waals surface area contributed by atoms with Crippen LogP contribution in [0.5, 0.6) is 5.75 Å². The molecule has 0 aromatic heterocycles. The average molecular weight is 259 g/mol. The summed E-state index contributed by atoms with van der Waals surface area (Å²) in [5.74, 6) is 0.986. The number of benzene rings is 1. The predicted octanol–water partition coefficient (Wildman–Crippen LogP) is 3.97. The Morgan fingerprint density at radius 2 is 1.85 bits per heavy atom. The van der Waals surface area contributed by atoms with Crippen molar-refractivity contribution >= 4 is 24.2 Å². The topological polar surface area (TPSA) is 9.23 Å². The van der Waals surface area contributed by atoms with Gasteiger partial charge in [-0.3, -0.25) is 0 Å². The monoisotopic (exact) mass is 258 g/mol. The molecule has 0 heterocycles. The molecular weight excluding hydrogens is 244 g/mol. The molecule has 0 spiro atoms. The fourth-order valence-electron chi connectivity index (χ4n) is 1.03. The highest BCUT2D eigenvalue weighted by atomic mass is 79.9. The van der Waals surface area contributed by atoms with Crippen molar-refractivity contribution < 1.29 is 4.43 Å². The van der Waals surface area contributed by atoms with Gasteiger partial charge in [0, 0.05) is 4.47 Å². The van der Waals surface area contributed by atoms with E-state index >= 15 is 0 Å². The summed E-state index contributed by atoms with van der Waals surface area (Å²) in [6.45, 7) is 8.63. The molecule has 13 heavy (non-hydrogen) atoms. The second-order valence-corrected chi connectivity index (χ2v) is 9.41. The number of hydrogen-bond donors (Lipinski definition) is 0. The maximum atomic E-state index is 5.86. The summed E-state index contributed by atoms with van der Waals surface area (Å²) in [7, 11) is -1.45. The smallest absolute Gasteiger partial charge is 0.242 e. The Bertz CT molecular complexity index is 304. The minimum absolute atomic E-state index is 0.986. The molecule has 1 rings (SSSR count). The van der Waals surface area contributed by atoms with Crippen molar-refractivity contribution in [1.29, 1.82) is 0 Å². The van der Waals surface area contributed by atoms with E-state index in [2.05, 4.69) is 48.6 Å². The van der Waals surface area contributed by atoms with E-state index in [-0.39, 0.29) is 0 Å². The summed E-state index contributed by atoms with van der Waals surface area (Å²) in [4.78, 5) is 0. The van der Waals surface area contributed by atoms with Crippen LogP contribution in [-0.2, 0) is 0 Å². The van der Waals surface area contributed by atoms with Gasteiger partial charge in [-0.25, -0.2) is 0 Å². The number of aryl methyl sites for hydroxylation is 1. The zero-order chi connectivity index (χ0) is 10.1. The van der Waals surface area contributed by atoms with Gasteiger partial charge in [-0.2, -0.15) is 0 Å². The number of hydrogen-bond acceptors (Lipinski definition) is 1. The Kier molecular flexibility index (Phi) is 3.19. The van der Waals surface area contributed by atoms with Crippen LogP contribution in [0.1, 0.15) is 5.56 Å². The van der Waals surface area contributed by atoms with Crippen LogP contribution in [0.15, 0.2) is 22.7 Å². The van der Waals surface area contributed by atoms with Gasteiger partial charge in [-0.05, 0) is 50.3 Å². The molecule has 0 aliphatic heterocycles. The first kappa shape index (κ1) is 10.8. The van der Waals surface area contributed by atoms with Gasteiger partial charge in [0.25, 0.3) is 0 Å². The molecular formula is C10H15BrOSi. The molecule has 1 aromatic rings. The van der Waals surface area contributed by atoms with Crippen LogP contribution in [0.25, 0.3) is 0 Å². The van der Waals surface area contributed by atoms with Crippen LogP contribution >= 0.6 is 15.9 Å². The molecule has 1 nitrogen and oxygen atoms in total. The Labute approximate surface area is 89.4 Å². The molecule has 0 radical (unpaired) electrons. The van der Waals surface area contributed by atoms with Gasteiger partial charge in [0.1, 0.15) is 5.75 Å². The maximum absolute atomic E-state index is 5.86. The standard InChI is InChI=1S/C10H15BrOSi/c1-8-7-9(5-6-10(8)11)12-13(2,3)4/h5-7H,1-4H3. The molecule has 0 unspecified atom stereocenters. The molecule has 0 fully saturated rings. The predicted molar refractivity (Wildman–Crippen MR) is 62.9 cm³/mol. The molecule has 0 bridgehead atoms. The average Bonchev–Trinajstić information content (AvgIpc) is 1.94. The van der Waals surface area contributed by atoms with Crippen molar-refractivity contribution in [1.82, 2.24) is 0 Å². The van der Waals surface area contributed by atoms with Crippen molar-refractivity contribution in [2.45, 2.75) is 26.6 Å². The molecule has 1 aromatic carbocycles. The van der Waals surface area contributed by atoms with Gasteiger partial charge < -0.3 is 4.43 Å². The highest BCUT2D eigenvalue weighted by Gasteiger charge is 2.16. The minimum atomic E-state index is -1.45. The molecule has 72 valence electrons. The lowest BCUT2D eigenvalue weighted by Crippen LogP contribution is -2.29. The largest absolute Gasteiger partial charge is 0.544 e. The van der Waals surface area contributed by atoms with E-state index in [1.54, 1.807) is 0 Å². The SMILES string of the molecule is Cc1cc(O[Si](C)(C)C)ccc1Br. The Balaban J connectivity index is 2.86. The summed E-state index contributed by atoms with van der Waals surface area (Å²) in [6, 6.07) is 6.11. The highest BCUT2D eigenvalue weighted by Crippen LogP contribution is 2.23. The van der Waals surface area contributed by atoms with Crippen molar-refractivity contribution in [2.75, 3.05) is 0 Å². The third kappa shape index (κ3) is 3.52. The molecule has 3 heteroatoms. The third-order valence-electron chi connectivity index (χ3n) is 1.55. The van der Waals surface area contributed by atoms with Gasteiger partial charge in [0.15, 0.2) is 0 Å². The highest BCUT2D eigenvalue weighted by molar-refractivity contribution is 9.10. The first-order chi connectivity index (χ1) is 5.88. The normalized spacial score (nSPS) is 11.5. The van der Waals surface area contributed by atoms with Crippen molar-refractivity contribution in [2.24, 2.45) is 0 Å². The summed E-state index contributed by atoms with van der Waals surface area (Å²) >= 11 is 3.46. The van der Waals surface area contributed by atoms with E-state index in [0.717, 1.165) is 10.2 Å². The van der Waals surface area contributed by atoms with Crippen LogP contribution in [-0.4, -0.2) is 8.32 Å². The van der Waals surface area contributed by atoms with E-state index in [9.17, 15) is 0 Å². The van der Waals surface area contributed by atoms with E-state index in [4.69, 9.17) is 4.43 Å². The van der Waals surface area contributed by atoms with Gasteiger partial charge in [0.2, 0.25) is 8.32 Å². The zero-order valence-electron chi connectivity index (χ0n) is 8.52. The van der Waals surface area contributed by atoms with Gasteiger partial charge >= 0.3 is 0 Å². The summed E-state index contributed by atoms with van der Waals surface area (Å²) in [6.07, 6.45) is 0. The first-order valence-electron chi connectivity index (χ1n) is 4.34. The van der Waals surface area contributed by atoms with Crippen LogP contribution in [0.4, 0.5) is 0 Å². The molecule has 0 aliphatic rings. The maximum Gasteiger partial charge on any atom is 0.242 e. The molecule has 0 N–H and O–H groups in total. The zero-order valence-corrected chi connectivity index (χ0v) is 11.1. The minimum Gasteiger partial charge on any atom is -0.544 e. The lowest BCUT2D eigenvalue weighted by Gasteiger charge is -2.19. The second-order valence-electron chi connectivity index (χ2n) is 4.13. The number of rotatable bonds is 2. The van der Waals surface area contributed by atoms with E-state index in [1.165, 1.54) is 5.56 Å². The summed E-state index contributed by atoms with van der Waals surface area (Å²) in [5.41, 5.74) is 1.22. The quantitative estimate of drug-likeness (QED) is 0.730. The molecule has 0 aliphatic carbocycles. The fourth-order valence-corrected chi connectivity index (χ4v) is 2.11. The van der Waals surface area contributed by atoms with Crippen molar-refractivity contribution in [3.8, 4) is 5.75 Å². The second kappa shape index (κ2) is 3.84. The van der Waals surface area contributed by atoms with E-state index < -0.39 is 8.32 Å². The lowest BCUT2D eigenvalue weighted by atomic mass is 10.2. The Hall–Kier alpha value is -0.283. The van der Waals surface area contributed by atoms with Crippen LogP contribution in [0, 0.1) is 6.92 Å². The molecule has 0 amide bonds. The molecule has 0 saturated heterocycles. The van der Waals surface area contributed by atoms with Gasteiger partial charge in [-0.15, -0.1) is 0 Å². The number of halogens is 1. The summed E-state index contributed by atoms with van der Waals surface area (Å²) < 4.78 is 6.99.